The largest absolute Gasteiger partial charge is 0.394 e. The Balaban J connectivity index is 1.63. The average Bonchev–Trinajstić information content (AvgIpc) is 2.97. The fourth-order valence-electron chi connectivity index (χ4n) is 2.85. The molecule has 2 N–H and O–H groups in total. The van der Waals surface area contributed by atoms with Crippen molar-refractivity contribution in [2.45, 2.75) is 12.5 Å². The van der Waals surface area contributed by atoms with E-state index in [9.17, 15) is 19.5 Å². The summed E-state index contributed by atoms with van der Waals surface area (Å²) >= 11 is 6.86. The van der Waals surface area contributed by atoms with Crippen molar-refractivity contribution in [1.29, 1.82) is 0 Å². The van der Waals surface area contributed by atoms with Gasteiger partial charge in [-0.1, -0.05) is 60.1 Å². The maximum absolute atomic E-state index is 12.6. The number of hydrogen-bond acceptors (Lipinski definition) is 5. The highest BCUT2D eigenvalue weighted by molar-refractivity contribution is 8.18. The molecular formula is C21H19ClN2O4S. The highest BCUT2D eigenvalue weighted by Gasteiger charge is 2.36. The van der Waals surface area contributed by atoms with E-state index in [2.05, 4.69) is 5.32 Å². The van der Waals surface area contributed by atoms with E-state index in [-0.39, 0.29) is 11.5 Å². The number of hydrogen-bond donors (Lipinski definition) is 2. The Morgan fingerprint density at radius 1 is 1.14 bits per heavy atom. The van der Waals surface area contributed by atoms with Gasteiger partial charge in [-0.05, 0) is 41.5 Å². The van der Waals surface area contributed by atoms with Gasteiger partial charge in [0.15, 0.2) is 0 Å². The molecule has 2 aromatic carbocycles. The molecular weight excluding hydrogens is 412 g/mol. The van der Waals surface area contributed by atoms with Gasteiger partial charge in [-0.3, -0.25) is 19.3 Å². The van der Waals surface area contributed by atoms with Crippen LogP contribution < -0.4 is 5.32 Å². The second kappa shape index (κ2) is 9.73. The minimum atomic E-state index is -0.543. The first-order valence-corrected chi connectivity index (χ1v) is 10.1. The molecule has 1 atom stereocenters. The first-order chi connectivity index (χ1) is 14.0. The van der Waals surface area contributed by atoms with Crippen molar-refractivity contribution >= 4 is 46.5 Å². The molecule has 0 aliphatic carbocycles. The molecule has 0 aromatic heterocycles. The predicted molar refractivity (Wildman–Crippen MR) is 113 cm³/mol. The van der Waals surface area contributed by atoms with Crippen LogP contribution in [0.5, 0.6) is 0 Å². The van der Waals surface area contributed by atoms with Crippen molar-refractivity contribution in [2.24, 2.45) is 0 Å². The zero-order chi connectivity index (χ0) is 20.8. The monoisotopic (exact) mass is 430 g/mol. The summed E-state index contributed by atoms with van der Waals surface area (Å²) in [5, 5.41) is 12.2. The summed E-state index contributed by atoms with van der Waals surface area (Å²) in [7, 11) is 0. The zero-order valence-corrected chi connectivity index (χ0v) is 16.9. The Hall–Kier alpha value is -2.61. The molecule has 2 aromatic rings. The van der Waals surface area contributed by atoms with E-state index in [1.165, 1.54) is 6.08 Å². The van der Waals surface area contributed by atoms with E-state index >= 15 is 0 Å². The van der Waals surface area contributed by atoms with Gasteiger partial charge in [0.05, 0.1) is 17.6 Å². The summed E-state index contributed by atoms with van der Waals surface area (Å²) in [5.74, 6) is -1.06. The summed E-state index contributed by atoms with van der Waals surface area (Å²) in [4.78, 5) is 38.2. The van der Waals surface area contributed by atoms with Crippen molar-refractivity contribution in [3.63, 3.8) is 0 Å². The number of thioether (sulfide) groups is 1. The lowest BCUT2D eigenvalue weighted by Crippen LogP contribution is -2.45. The summed E-state index contributed by atoms with van der Waals surface area (Å²) in [5.41, 5.74) is 1.58. The van der Waals surface area contributed by atoms with Gasteiger partial charge in [0.2, 0.25) is 5.91 Å². The van der Waals surface area contributed by atoms with Crippen LogP contribution in [0.25, 0.3) is 6.08 Å². The Kier molecular flexibility index (Phi) is 7.09. The third-order valence-corrected chi connectivity index (χ3v) is 5.53. The maximum Gasteiger partial charge on any atom is 0.294 e. The van der Waals surface area contributed by atoms with Gasteiger partial charge < -0.3 is 10.4 Å². The van der Waals surface area contributed by atoms with E-state index < -0.39 is 29.6 Å². The molecule has 0 bridgehead atoms. The second-order valence-electron chi connectivity index (χ2n) is 6.43. The Morgan fingerprint density at radius 2 is 1.83 bits per heavy atom. The summed E-state index contributed by atoms with van der Waals surface area (Å²) < 4.78 is 0. The Morgan fingerprint density at radius 3 is 2.52 bits per heavy atom. The van der Waals surface area contributed by atoms with Crippen LogP contribution in [0, 0.1) is 0 Å². The molecule has 3 rings (SSSR count). The van der Waals surface area contributed by atoms with E-state index in [1.54, 1.807) is 24.3 Å². The number of imide groups is 1. The predicted octanol–water partition coefficient (Wildman–Crippen LogP) is 3.10. The zero-order valence-electron chi connectivity index (χ0n) is 15.4. The van der Waals surface area contributed by atoms with Gasteiger partial charge >= 0.3 is 0 Å². The van der Waals surface area contributed by atoms with Crippen LogP contribution >= 0.6 is 23.4 Å². The molecule has 3 amide bonds. The van der Waals surface area contributed by atoms with Crippen LogP contribution in [0.4, 0.5) is 4.79 Å². The van der Waals surface area contributed by atoms with E-state index in [1.807, 2.05) is 30.3 Å². The van der Waals surface area contributed by atoms with Crippen molar-refractivity contribution in [3.05, 3.63) is 75.7 Å². The van der Waals surface area contributed by atoms with Crippen molar-refractivity contribution in [1.82, 2.24) is 10.2 Å². The molecule has 1 fully saturated rings. The second-order valence-corrected chi connectivity index (χ2v) is 7.83. The molecule has 0 spiro atoms. The molecule has 8 heteroatoms. The topological polar surface area (TPSA) is 86.7 Å². The van der Waals surface area contributed by atoms with Crippen LogP contribution in [-0.2, 0) is 16.0 Å². The number of aliphatic hydroxyl groups is 1. The number of nitrogens with one attached hydrogen (secondary N) is 1. The van der Waals surface area contributed by atoms with E-state index in [0.29, 0.717) is 17.0 Å². The smallest absolute Gasteiger partial charge is 0.294 e. The lowest BCUT2D eigenvalue weighted by molar-refractivity contribution is -0.129. The van der Waals surface area contributed by atoms with Crippen molar-refractivity contribution in [2.75, 3.05) is 13.2 Å². The number of benzene rings is 2. The van der Waals surface area contributed by atoms with Gasteiger partial charge in [-0.25, -0.2) is 0 Å². The minimum Gasteiger partial charge on any atom is -0.394 e. The molecule has 1 aliphatic heterocycles. The first-order valence-electron chi connectivity index (χ1n) is 8.92. The van der Waals surface area contributed by atoms with Crippen molar-refractivity contribution in [3.8, 4) is 0 Å². The molecule has 0 saturated carbocycles. The number of nitrogens with zero attached hydrogens (tertiary/aromatic N) is 1. The van der Waals surface area contributed by atoms with Crippen LogP contribution in [-0.4, -0.2) is 46.3 Å². The Labute approximate surface area is 177 Å². The molecule has 29 heavy (non-hydrogen) atoms. The number of carbonyl (C=O) groups is 3. The molecule has 1 aliphatic rings. The minimum absolute atomic E-state index is 0.207. The van der Waals surface area contributed by atoms with Crippen LogP contribution in [0.15, 0.2) is 59.5 Å². The van der Waals surface area contributed by atoms with Crippen LogP contribution in [0.2, 0.25) is 5.02 Å². The third kappa shape index (κ3) is 5.47. The number of rotatable bonds is 7. The quantitative estimate of drug-likeness (QED) is 0.659. The van der Waals surface area contributed by atoms with Crippen LogP contribution in [0.1, 0.15) is 11.1 Å². The molecule has 6 nitrogen and oxygen atoms in total. The SMILES string of the molecule is O=C(CN1C(=O)SC(=Cc2ccccc2Cl)C1=O)N[C@@H](CO)Cc1ccccc1. The fourth-order valence-corrected chi connectivity index (χ4v) is 3.87. The van der Waals surface area contributed by atoms with Gasteiger partial charge in [-0.2, -0.15) is 0 Å². The lowest BCUT2D eigenvalue weighted by Gasteiger charge is -2.18. The Bertz CT molecular complexity index is 949. The standard InChI is InChI=1S/C21H19ClN2O4S/c22-17-9-5-4-8-15(17)11-18-20(27)24(21(28)29-18)12-19(26)23-16(13-25)10-14-6-2-1-3-7-14/h1-9,11,16,25H,10,12-13H2,(H,23,26)/t16-/m1/s1. The normalized spacial score (nSPS) is 16.3. The van der Waals surface area contributed by atoms with E-state index in [0.717, 1.165) is 22.2 Å². The number of amides is 3. The molecule has 1 heterocycles. The molecule has 150 valence electrons. The highest BCUT2D eigenvalue weighted by atomic mass is 35.5. The summed E-state index contributed by atoms with van der Waals surface area (Å²) in [6.07, 6.45) is 1.98. The van der Waals surface area contributed by atoms with Gasteiger partial charge in [0, 0.05) is 5.02 Å². The number of carbonyl (C=O) groups excluding carboxylic acids is 3. The molecule has 1 saturated heterocycles. The lowest BCUT2D eigenvalue weighted by atomic mass is 10.1. The number of halogens is 1. The van der Waals surface area contributed by atoms with Crippen LogP contribution in [0.3, 0.4) is 0 Å². The van der Waals surface area contributed by atoms with Crippen molar-refractivity contribution < 1.29 is 19.5 Å². The average molecular weight is 431 g/mol. The third-order valence-electron chi connectivity index (χ3n) is 4.28. The summed E-state index contributed by atoms with van der Waals surface area (Å²) in [6, 6.07) is 15.9. The maximum atomic E-state index is 12.6. The molecule has 0 unspecified atom stereocenters. The van der Waals surface area contributed by atoms with Gasteiger partial charge in [0.1, 0.15) is 6.54 Å². The number of aliphatic hydroxyl groups excluding tert-OH is 1. The first kappa shape index (κ1) is 21.1. The summed E-state index contributed by atoms with van der Waals surface area (Å²) in [6.45, 7) is -0.662. The molecule has 0 radical (unpaired) electrons. The highest BCUT2D eigenvalue weighted by Crippen LogP contribution is 2.33. The van der Waals surface area contributed by atoms with Gasteiger partial charge in [-0.15, -0.1) is 0 Å². The van der Waals surface area contributed by atoms with Gasteiger partial charge in [0.25, 0.3) is 11.1 Å². The fraction of sp³-hybridized carbons (Fsp3) is 0.190. The van der Waals surface area contributed by atoms with E-state index in [4.69, 9.17) is 11.6 Å².